The largest absolute Gasteiger partial charge is 0.495 e. The van der Waals surface area contributed by atoms with Crippen LogP contribution in [0.1, 0.15) is 0 Å². The van der Waals surface area contributed by atoms with Gasteiger partial charge in [-0.1, -0.05) is 24.3 Å². The molecule has 0 radical (unpaired) electrons. The number of methoxy groups -OCH3 is 1. The van der Waals surface area contributed by atoms with Gasteiger partial charge in [0.15, 0.2) is 10.7 Å². The molecule has 2 aromatic carbocycles. The van der Waals surface area contributed by atoms with Gasteiger partial charge in [0.25, 0.3) is 0 Å². The predicted molar refractivity (Wildman–Crippen MR) is 111 cm³/mol. The minimum Gasteiger partial charge on any atom is -0.495 e. The Kier molecular flexibility index (Phi) is 5.02. The zero-order valence-electron chi connectivity index (χ0n) is 14.6. The van der Waals surface area contributed by atoms with Gasteiger partial charge in [-0.3, -0.25) is 0 Å². The molecule has 2 aromatic heterocycles. The standard InChI is InChI=1S/C20H13N3O3S2/c1-25-16-7-3-2-6-14(16)22-20-23-15(10-27-20)13-9-12-5-4-8-17(28-11-21)18(12)26-19(13)24/h2-10H,1H3,(H,22,23). The highest BCUT2D eigenvalue weighted by Crippen LogP contribution is 2.32. The van der Waals surface area contributed by atoms with E-state index < -0.39 is 5.63 Å². The predicted octanol–water partition coefficient (Wildman–Crippen LogP) is 5.24. The number of nitrogens with one attached hydrogen (secondary N) is 1. The fourth-order valence-corrected chi connectivity index (χ4v) is 3.96. The molecular weight excluding hydrogens is 394 g/mol. The van der Waals surface area contributed by atoms with E-state index in [0.29, 0.717) is 32.6 Å². The molecule has 4 rings (SSSR count). The maximum atomic E-state index is 12.5. The van der Waals surface area contributed by atoms with E-state index in [0.717, 1.165) is 22.8 Å². The van der Waals surface area contributed by atoms with Crippen molar-refractivity contribution in [1.82, 2.24) is 4.98 Å². The van der Waals surface area contributed by atoms with Crippen LogP contribution in [0.3, 0.4) is 0 Å². The first-order valence-electron chi connectivity index (χ1n) is 8.18. The van der Waals surface area contributed by atoms with Gasteiger partial charge in [0, 0.05) is 10.8 Å². The van der Waals surface area contributed by atoms with E-state index in [-0.39, 0.29) is 0 Å². The van der Waals surface area contributed by atoms with Gasteiger partial charge < -0.3 is 14.5 Å². The number of fused-ring (bicyclic) bond motifs is 1. The molecule has 0 saturated carbocycles. The third-order valence-corrected chi connectivity index (χ3v) is 5.40. The molecule has 0 amide bonds. The molecular formula is C20H13N3O3S2. The quantitative estimate of drug-likeness (QED) is 0.275. The summed E-state index contributed by atoms with van der Waals surface area (Å²) in [6.07, 6.45) is 0. The Bertz CT molecular complexity index is 1260. The SMILES string of the molecule is COc1ccccc1Nc1nc(-c2cc3cccc(SC#N)c3oc2=O)cs1. The van der Waals surface area contributed by atoms with Crippen LogP contribution in [-0.4, -0.2) is 12.1 Å². The molecule has 0 aliphatic rings. The summed E-state index contributed by atoms with van der Waals surface area (Å²) in [7, 11) is 1.60. The van der Waals surface area contributed by atoms with E-state index in [2.05, 4.69) is 10.3 Å². The first kappa shape index (κ1) is 18.1. The zero-order valence-corrected chi connectivity index (χ0v) is 16.3. The van der Waals surface area contributed by atoms with Crippen LogP contribution in [-0.2, 0) is 0 Å². The fraction of sp³-hybridized carbons (Fsp3) is 0.0500. The van der Waals surface area contributed by atoms with Crippen LogP contribution in [0.25, 0.3) is 22.2 Å². The molecule has 0 bridgehead atoms. The Balaban J connectivity index is 1.71. The Morgan fingerprint density at radius 2 is 2.11 bits per heavy atom. The van der Waals surface area contributed by atoms with Gasteiger partial charge in [-0.15, -0.1) is 11.3 Å². The topological polar surface area (TPSA) is 88.2 Å². The van der Waals surface area contributed by atoms with E-state index in [4.69, 9.17) is 14.4 Å². The van der Waals surface area contributed by atoms with Crippen molar-refractivity contribution in [2.45, 2.75) is 4.90 Å². The number of thioether (sulfide) groups is 1. The average molecular weight is 407 g/mol. The van der Waals surface area contributed by atoms with Crippen LogP contribution in [0.4, 0.5) is 10.8 Å². The number of thiazole rings is 1. The summed E-state index contributed by atoms with van der Waals surface area (Å²) in [6.45, 7) is 0. The lowest BCUT2D eigenvalue weighted by Crippen LogP contribution is -2.03. The zero-order chi connectivity index (χ0) is 19.5. The fourth-order valence-electron chi connectivity index (χ4n) is 2.74. The third-order valence-electron chi connectivity index (χ3n) is 4.01. The Hall–Kier alpha value is -3.28. The van der Waals surface area contributed by atoms with Crippen LogP contribution in [0.15, 0.2) is 68.0 Å². The number of thiocyanates is 1. The summed E-state index contributed by atoms with van der Waals surface area (Å²) < 4.78 is 10.8. The number of ether oxygens (including phenoxy) is 1. The minimum absolute atomic E-state index is 0.371. The summed E-state index contributed by atoms with van der Waals surface area (Å²) in [5.74, 6) is 0.701. The van der Waals surface area contributed by atoms with Crippen LogP contribution in [0.2, 0.25) is 0 Å². The monoisotopic (exact) mass is 407 g/mol. The molecule has 0 spiro atoms. The lowest BCUT2D eigenvalue weighted by molar-refractivity contribution is 0.417. The Morgan fingerprint density at radius 1 is 1.25 bits per heavy atom. The highest BCUT2D eigenvalue weighted by Gasteiger charge is 2.14. The normalized spacial score (nSPS) is 10.6. The number of hydrogen-bond acceptors (Lipinski definition) is 8. The number of rotatable bonds is 5. The molecule has 28 heavy (non-hydrogen) atoms. The van der Waals surface area contributed by atoms with Crippen LogP contribution >= 0.6 is 23.1 Å². The second-order valence-corrected chi connectivity index (χ2v) is 7.36. The summed E-state index contributed by atoms with van der Waals surface area (Å²) in [5.41, 5.74) is 1.60. The van der Waals surface area contributed by atoms with Crippen molar-refractivity contribution < 1.29 is 9.15 Å². The van der Waals surface area contributed by atoms with Gasteiger partial charge in [0.2, 0.25) is 0 Å². The summed E-state index contributed by atoms with van der Waals surface area (Å²) >= 11 is 2.34. The van der Waals surface area contributed by atoms with Crippen molar-refractivity contribution >= 4 is 44.9 Å². The van der Waals surface area contributed by atoms with E-state index in [1.807, 2.05) is 41.8 Å². The van der Waals surface area contributed by atoms with E-state index in [1.54, 1.807) is 24.6 Å². The third kappa shape index (κ3) is 3.45. The molecule has 0 saturated heterocycles. The average Bonchev–Trinajstić information content (AvgIpc) is 3.17. The number of anilines is 2. The molecule has 0 fully saturated rings. The van der Waals surface area contributed by atoms with E-state index in [9.17, 15) is 4.79 Å². The summed E-state index contributed by atoms with van der Waals surface area (Å²) in [4.78, 5) is 17.6. The number of hydrogen-bond donors (Lipinski definition) is 1. The van der Waals surface area contributed by atoms with Crippen LogP contribution in [0.5, 0.6) is 5.75 Å². The molecule has 2 heterocycles. The molecule has 4 aromatic rings. The number of aromatic nitrogens is 1. The van der Waals surface area contributed by atoms with Gasteiger partial charge >= 0.3 is 5.63 Å². The van der Waals surface area contributed by atoms with Crippen molar-refractivity contribution in [3.05, 3.63) is 64.3 Å². The van der Waals surface area contributed by atoms with E-state index >= 15 is 0 Å². The second kappa shape index (κ2) is 7.76. The smallest absolute Gasteiger partial charge is 0.345 e. The summed E-state index contributed by atoms with van der Waals surface area (Å²) in [5, 5.41) is 17.3. The molecule has 8 heteroatoms. The van der Waals surface area contributed by atoms with Crippen molar-refractivity contribution in [2.24, 2.45) is 0 Å². The van der Waals surface area contributed by atoms with Crippen molar-refractivity contribution in [3.8, 4) is 22.4 Å². The molecule has 6 nitrogen and oxygen atoms in total. The summed E-state index contributed by atoms with van der Waals surface area (Å²) in [6, 6.07) is 14.7. The number of benzene rings is 2. The molecule has 0 aliphatic carbocycles. The maximum absolute atomic E-state index is 12.5. The van der Waals surface area contributed by atoms with Gasteiger partial charge in [-0.2, -0.15) is 5.26 Å². The van der Waals surface area contributed by atoms with Crippen molar-refractivity contribution in [2.75, 3.05) is 12.4 Å². The van der Waals surface area contributed by atoms with Crippen LogP contribution < -0.4 is 15.7 Å². The van der Waals surface area contributed by atoms with Gasteiger partial charge in [-0.25, -0.2) is 9.78 Å². The van der Waals surface area contributed by atoms with Crippen LogP contribution in [0, 0.1) is 10.7 Å². The minimum atomic E-state index is -0.493. The highest BCUT2D eigenvalue weighted by atomic mass is 32.2. The highest BCUT2D eigenvalue weighted by molar-refractivity contribution is 8.04. The van der Waals surface area contributed by atoms with Crippen molar-refractivity contribution in [3.63, 3.8) is 0 Å². The van der Waals surface area contributed by atoms with Crippen molar-refractivity contribution in [1.29, 1.82) is 5.26 Å². The number of para-hydroxylation sites is 3. The lowest BCUT2D eigenvalue weighted by Gasteiger charge is -2.08. The Labute approximate surface area is 168 Å². The molecule has 0 aliphatic heterocycles. The van der Waals surface area contributed by atoms with E-state index in [1.165, 1.54) is 11.3 Å². The van der Waals surface area contributed by atoms with Gasteiger partial charge in [-0.05, 0) is 36.0 Å². The maximum Gasteiger partial charge on any atom is 0.345 e. The Morgan fingerprint density at radius 3 is 2.93 bits per heavy atom. The second-order valence-electron chi connectivity index (χ2n) is 5.68. The molecule has 1 N–H and O–H groups in total. The number of nitrogens with zero attached hydrogens (tertiary/aromatic N) is 2. The van der Waals surface area contributed by atoms with Gasteiger partial charge in [0.1, 0.15) is 11.2 Å². The van der Waals surface area contributed by atoms with Gasteiger partial charge in [0.05, 0.1) is 29.0 Å². The molecule has 138 valence electrons. The first-order chi connectivity index (χ1) is 13.7. The number of nitriles is 1. The lowest BCUT2D eigenvalue weighted by atomic mass is 10.1. The molecule has 0 unspecified atom stereocenters. The first-order valence-corrected chi connectivity index (χ1v) is 9.88. The molecule has 0 atom stereocenters.